The van der Waals surface area contributed by atoms with Crippen molar-refractivity contribution in [1.29, 1.82) is 0 Å². The molecular formula is C19H15N3O3S. The molecule has 130 valence electrons. The molecule has 0 spiro atoms. The summed E-state index contributed by atoms with van der Waals surface area (Å²) in [5, 5.41) is 4.54. The van der Waals surface area contributed by atoms with E-state index >= 15 is 0 Å². The number of anilines is 1. The maximum atomic E-state index is 12.2. The van der Waals surface area contributed by atoms with Crippen LogP contribution in [0.5, 0.6) is 0 Å². The second kappa shape index (κ2) is 6.61. The van der Waals surface area contributed by atoms with E-state index in [9.17, 15) is 9.59 Å². The van der Waals surface area contributed by atoms with Crippen LogP contribution >= 0.6 is 11.3 Å². The number of hydrogen-bond acceptors (Lipinski definition) is 5. The van der Waals surface area contributed by atoms with Gasteiger partial charge in [0.25, 0.3) is 0 Å². The number of aryl methyl sites for hydroxylation is 1. The van der Waals surface area contributed by atoms with Gasteiger partial charge in [-0.05, 0) is 43.3 Å². The number of benzene rings is 2. The summed E-state index contributed by atoms with van der Waals surface area (Å²) < 4.78 is 7.19. The Morgan fingerprint density at radius 2 is 1.96 bits per heavy atom. The van der Waals surface area contributed by atoms with E-state index in [2.05, 4.69) is 10.3 Å². The molecule has 1 amide bonds. The minimum atomic E-state index is -0.247. The van der Waals surface area contributed by atoms with Crippen molar-refractivity contribution in [1.82, 2.24) is 9.55 Å². The van der Waals surface area contributed by atoms with Crippen LogP contribution in [0.3, 0.4) is 0 Å². The highest BCUT2D eigenvalue weighted by atomic mass is 32.1. The van der Waals surface area contributed by atoms with Gasteiger partial charge < -0.3 is 9.73 Å². The maximum Gasteiger partial charge on any atom is 0.307 e. The van der Waals surface area contributed by atoms with Crippen LogP contribution < -0.4 is 10.2 Å². The van der Waals surface area contributed by atoms with Crippen LogP contribution in [0.2, 0.25) is 0 Å². The van der Waals surface area contributed by atoms with Gasteiger partial charge in [-0.25, -0.2) is 4.98 Å². The first-order valence-electron chi connectivity index (χ1n) is 8.01. The smallest absolute Gasteiger partial charge is 0.307 e. The Hall–Kier alpha value is -3.19. The summed E-state index contributed by atoms with van der Waals surface area (Å²) in [4.78, 5) is 28.2. The standard InChI is InChI=1S/C19H15N3O3S/c1-12-11-26-19(24)22(12)10-17(23)20-14-8-6-13(7-9-14)18-21-15-4-2-3-5-16(15)25-18/h2-9,11H,10H2,1H3,(H,20,23). The molecule has 0 atom stereocenters. The summed E-state index contributed by atoms with van der Waals surface area (Å²) in [6.07, 6.45) is 0. The van der Waals surface area contributed by atoms with Gasteiger partial charge in [-0.1, -0.05) is 23.5 Å². The summed E-state index contributed by atoms with van der Waals surface area (Å²) in [6.45, 7) is 1.81. The van der Waals surface area contributed by atoms with Gasteiger partial charge in [-0.3, -0.25) is 14.2 Å². The Balaban J connectivity index is 1.49. The van der Waals surface area contributed by atoms with Crippen LogP contribution in [0, 0.1) is 6.92 Å². The lowest BCUT2D eigenvalue weighted by atomic mass is 10.2. The average Bonchev–Trinajstić information content (AvgIpc) is 3.21. The maximum absolute atomic E-state index is 12.2. The summed E-state index contributed by atoms with van der Waals surface area (Å²) >= 11 is 1.09. The molecule has 0 aliphatic heterocycles. The number of nitrogens with one attached hydrogen (secondary N) is 1. The molecule has 0 saturated carbocycles. The molecule has 0 saturated heterocycles. The van der Waals surface area contributed by atoms with Gasteiger partial charge >= 0.3 is 4.87 Å². The van der Waals surface area contributed by atoms with Crippen molar-refractivity contribution in [3.63, 3.8) is 0 Å². The Bertz CT molecular complexity index is 1110. The third-order valence-electron chi connectivity index (χ3n) is 3.99. The largest absolute Gasteiger partial charge is 0.436 e. The van der Waals surface area contributed by atoms with E-state index in [4.69, 9.17) is 4.42 Å². The SMILES string of the molecule is Cc1csc(=O)n1CC(=O)Nc1ccc(-c2nc3ccccc3o2)cc1. The number of hydrogen-bond donors (Lipinski definition) is 1. The molecule has 0 unspecified atom stereocenters. The van der Waals surface area contributed by atoms with Crippen LogP contribution in [-0.4, -0.2) is 15.5 Å². The first-order chi connectivity index (χ1) is 12.6. The fraction of sp³-hybridized carbons (Fsp3) is 0.105. The number of nitrogens with zero attached hydrogens (tertiary/aromatic N) is 2. The fourth-order valence-electron chi connectivity index (χ4n) is 2.63. The third kappa shape index (κ3) is 3.16. The van der Waals surface area contributed by atoms with Gasteiger partial charge in [0.15, 0.2) is 5.58 Å². The van der Waals surface area contributed by atoms with Crippen molar-refractivity contribution in [2.45, 2.75) is 13.5 Å². The molecule has 7 heteroatoms. The molecule has 2 aromatic heterocycles. The highest BCUT2D eigenvalue weighted by Crippen LogP contribution is 2.25. The van der Waals surface area contributed by atoms with E-state index in [1.165, 1.54) is 4.57 Å². The molecule has 4 rings (SSSR count). The molecule has 1 N–H and O–H groups in total. The molecule has 2 heterocycles. The number of carbonyl (C=O) groups excluding carboxylic acids is 1. The summed E-state index contributed by atoms with van der Waals surface area (Å²) in [6, 6.07) is 14.8. The van der Waals surface area contributed by atoms with E-state index in [0.717, 1.165) is 33.7 Å². The number of aromatic nitrogens is 2. The zero-order valence-corrected chi connectivity index (χ0v) is 14.7. The van der Waals surface area contributed by atoms with Crippen molar-refractivity contribution in [2.75, 3.05) is 5.32 Å². The van der Waals surface area contributed by atoms with Crippen molar-refractivity contribution in [2.24, 2.45) is 0 Å². The molecule has 0 aliphatic carbocycles. The number of amides is 1. The number of rotatable bonds is 4. The number of oxazole rings is 1. The van der Waals surface area contributed by atoms with Crippen LogP contribution in [0.4, 0.5) is 5.69 Å². The number of para-hydroxylation sites is 2. The van der Waals surface area contributed by atoms with Gasteiger partial charge in [0, 0.05) is 22.3 Å². The van der Waals surface area contributed by atoms with Gasteiger partial charge in [0.05, 0.1) is 0 Å². The number of carbonyl (C=O) groups is 1. The van der Waals surface area contributed by atoms with E-state index in [0.29, 0.717) is 11.6 Å². The molecule has 0 fully saturated rings. The Kier molecular flexibility index (Phi) is 4.14. The highest BCUT2D eigenvalue weighted by Gasteiger charge is 2.10. The predicted molar refractivity (Wildman–Crippen MR) is 101 cm³/mol. The van der Waals surface area contributed by atoms with Crippen LogP contribution in [-0.2, 0) is 11.3 Å². The molecule has 2 aromatic carbocycles. The van der Waals surface area contributed by atoms with Crippen LogP contribution in [0.15, 0.2) is 63.1 Å². The van der Waals surface area contributed by atoms with E-state index in [1.54, 1.807) is 24.4 Å². The number of thiazole rings is 1. The lowest BCUT2D eigenvalue weighted by Crippen LogP contribution is -2.25. The topological polar surface area (TPSA) is 77.1 Å². The number of fused-ring (bicyclic) bond motifs is 1. The lowest BCUT2D eigenvalue weighted by Gasteiger charge is -2.07. The minimum absolute atomic E-state index is 0.00104. The Morgan fingerprint density at radius 3 is 2.65 bits per heavy atom. The summed E-state index contributed by atoms with van der Waals surface area (Å²) in [5.41, 5.74) is 3.79. The van der Waals surface area contributed by atoms with Crippen molar-refractivity contribution >= 4 is 34.0 Å². The van der Waals surface area contributed by atoms with Crippen molar-refractivity contribution < 1.29 is 9.21 Å². The third-order valence-corrected chi connectivity index (χ3v) is 4.87. The molecule has 26 heavy (non-hydrogen) atoms. The predicted octanol–water partition coefficient (Wildman–Crippen LogP) is 3.67. The first-order valence-corrected chi connectivity index (χ1v) is 8.89. The average molecular weight is 365 g/mol. The van der Waals surface area contributed by atoms with E-state index < -0.39 is 0 Å². The molecule has 4 aromatic rings. The van der Waals surface area contributed by atoms with E-state index in [1.807, 2.05) is 36.4 Å². The first kappa shape index (κ1) is 16.3. The lowest BCUT2D eigenvalue weighted by molar-refractivity contribution is -0.116. The normalized spacial score (nSPS) is 11.0. The quantitative estimate of drug-likeness (QED) is 0.599. The van der Waals surface area contributed by atoms with Gasteiger partial charge in [-0.2, -0.15) is 0 Å². The van der Waals surface area contributed by atoms with Gasteiger partial charge in [0.2, 0.25) is 11.8 Å². The molecular weight excluding hydrogens is 350 g/mol. The second-order valence-corrected chi connectivity index (χ2v) is 6.66. The molecule has 0 aliphatic rings. The van der Waals surface area contributed by atoms with Crippen LogP contribution in [0.1, 0.15) is 5.69 Å². The minimum Gasteiger partial charge on any atom is -0.436 e. The zero-order chi connectivity index (χ0) is 18.1. The Labute approximate surface area is 152 Å². The zero-order valence-electron chi connectivity index (χ0n) is 13.9. The molecule has 6 nitrogen and oxygen atoms in total. The van der Waals surface area contributed by atoms with Crippen LogP contribution in [0.25, 0.3) is 22.6 Å². The monoisotopic (exact) mass is 365 g/mol. The van der Waals surface area contributed by atoms with Crippen molar-refractivity contribution in [3.8, 4) is 11.5 Å². The Morgan fingerprint density at radius 1 is 1.19 bits per heavy atom. The fourth-order valence-corrected chi connectivity index (χ4v) is 3.37. The van der Waals surface area contributed by atoms with E-state index in [-0.39, 0.29) is 17.3 Å². The molecule has 0 radical (unpaired) electrons. The van der Waals surface area contributed by atoms with Gasteiger partial charge in [0.1, 0.15) is 12.1 Å². The molecule has 0 bridgehead atoms. The second-order valence-electron chi connectivity index (χ2n) is 5.84. The summed E-state index contributed by atoms with van der Waals surface area (Å²) in [7, 11) is 0. The van der Waals surface area contributed by atoms with Crippen molar-refractivity contribution in [3.05, 3.63) is 69.3 Å². The highest BCUT2D eigenvalue weighted by molar-refractivity contribution is 7.07. The summed E-state index contributed by atoms with van der Waals surface area (Å²) in [5.74, 6) is 0.285. The van der Waals surface area contributed by atoms with Gasteiger partial charge in [-0.15, -0.1) is 0 Å².